The standard InChI is InChI=1S/2C28H34N2O/c2*1-4-11-25(12-5-1)13-10-18-29-19-21-30(22-20-29)23-24-31-28(26-14-6-2-7-15-26)27-16-8-3-9-17-27/h2*1-9,11-12,14-17,28H,10,13,18-24H2. The third kappa shape index (κ3) is 15.2. The van der Waals surface area contributed by atoms with E-state index in [9.17, 15) is 0 Å². The molecule has 0 unspecified atom stereocenters. The molecule has 2 aliphatic heterocycles. The van der Waals surface area contributed by atoms with Crippen molar-refractivity contribution >= 4 is 0 Å². The summed E-state index contributed by atoms with van der Waals surface area (Å²) in [4.78, 5) is 10.3. The SMILES string of the molecule is c1ccc(CCCN2CCN(CCOC(c3ccccc3)c3ccccc3)CC2)cc1.c1ccc(CCCN2CCN(CCOC(c3ccccc3)c3ccccc3)CC2)cc1. The molecule has 0 amide bonds. The highest BCUT2D eigenvalue weighted by atomic mass is 16.5. The largest absolute Gasteiger partial charge is 0.367 e. The number of ether oxygens (including phenoxy) is 2. The van der Waals surface area contributed by atoms with Crippen molar-refractivity contribution in [3.8, 4) is 0 Å². The number of hydrogen-bond donors (Lipinski definition) is 0. The first kappa shape index (κ1) is 45.1. The molecule has 6 nitrogen and oxygen atoms in total. The van der Waals surface area contributed by atoms with Crippen LogP contribution in [-0.2, 0) is 22.3 Å². The third-order valence-corrected chi connectivity index (χ3v) is 12.3. The summed E-state index contributed by atoms with van der Waals surface area (Å²) >= 11 is 0. The van der Waals surface area contributed by atoms with Crippen molar-refractivity contribution in [1.29, 1.82) is 0 Å². The summed E-state index contributed by atoms with van der Waals surface area (Å²) in [6.07, 6.45) is 4.83. The molecule has 8 rings (SSSR count). The van der Waals surface area contributed by atoms with Gasteiger partial charge in [-0.3, -0.25) is 9.80 Å². The van der Waals surface area contributed by atoms with E-state index >= 15 is 0 Å². The molecule has 0 aromatic heterocycles. The molecule has 0 bridgehead atoms. The molecule has 2 aliphatic rings. The van der Waals surface area contributed by atoms with Gasteiger partial charge < -0.3 is 19.3 Å². The van der Waals surface area contributed by atoms with Crippen molar-refractivity contribution in [2.45, 2.75) is 37.9 Å². The van der Waals surface area contributed by atoms with E-state index in [1.165, 1.54) is 72.2 Å². The Bertz CT molecular complexity index is 1790. The second kappa shape index (κ2) is 25.9. The first-order valence-electron chi connectivity index (χ1n) is 23.2. The molecule has 0 radical (unpaired) electrons. The number of hydrogen-bond acceptors (Lipinski definition) is 6. The van der Waals surface area contributed by atoms with Gasteiger partial charge >= 0.3 is 0 Å². The summed E-state index contributed by atoms with van der Waals surface area (Å²) in [5.74, 6) is 0. The molecule has 62 heavy (non-hydrogen) atoms. The zero-order valence-electron chi connectivity index (χ0n) is 36.8. The molecule has 2 saturated heterocycles. The van der Waals surface area contributed by atoms with Crippen LogP contribution in [-0.4, -0.2) is 111 Å². The van der Waals surface area contributed by atoms with E-state index in [1.807, 2.05) is 0 Å². The monoisotopic (exact) mass is 829 g/mol. The van der Waals surface area contributed by atoms with Gasteiger partial charge in [0.05, 0.1) is 13.2 Å². The summed E-state index contributed by atoms with van der Waals surface area (Å²) in [5.41, 5.74) is 7.78. The Balaban J connectivity index is 0.000000186. The van der Waals surface area contributed by atoms with Crippen molar-refractivity contribution < 1.29 is 9.47 Å². The van der Waals surface area contributed by atoms with Crippen LogP contribution in [0.2, 0.25) is 0 Å². The molecule has 6 aromatic rings. The number of benzene rings is 6. The minimum absolute atomic E-state index is 0.00155. The van der Waals surface area contributed by atoms with Crippen LogP contribution in [0, 0.1) is 0 Å². The van der Waals surface area contributed by atoms with Crippen LogP contribution in [0.5, 0.6) is 0 Å². The van der Waals surface area contributed by atoms with Gasteiger partial charge in [-0.2, -0.15) is 0 Å². The van der Waals surface area contributed by atoms with Gasteiger partial charge in [-0.1, -0.05) is 182 Å². The third-order valence-electron chi connectivity index (χ3n) is 12.3. The molecule has 0 spiro atoms. The van der Waals surface area contributed by atoms with Crippen LogP contribution in [0.15, 0.2) is 182 Å². The maximum atomic E-state index is 6.40. The summed E-state index contributed by atoms with van der Waals surface area (Å²) in [6, 6.07) is 63.9. The second-order valence-corrected chi connectivity index (χ2v) is 16.7. The molecule has 324 valence electrons. The van der Waals surface area contributed by atoms with Crippen molar-refractivity contribution in [2.75, 3.05) is 91.8 Å². The predicted octanol–water partition coefficient (Wildman–Crippen LogP) is 10.1. The highest BCUT2D eigenvalue weighted by Crippen LogP contribution is 2.27. The van der Waals surface area contributed by atoms with Crippen molar-refractivity contribution in [3.63, 3.8) is 0 Å². The van der Waals surface area contributed by atoms with Crippen LogP contribution >= 0.6 is 0 Å². The lowest BCUT2D eigenvalue weighted by atomic mass is 10.0. The van der Waals surface area contributed by atoms with E-state index in [2.05, 4.69) is 202 Å². The summed E-state index contributed by atoms with van der Waals surface area (Å²) < 4.78 is 12.8. The molecule has 0 aliphatic carbocycles. The average molecular weight is 829 g/mol. The predicted molar refractivity (Wildman–Crippen MR) is 257 cm³/mol. The van der Waals surface area contributed by atoms with Crippen LogP contribution in [0.1, 0.15) is 58.4 Å². The molecule has 0 atom stereocenters. The van der Waals surface area contributed by atoms with Gasteiger partial charge in [0.1, 0.15) is 12.2 Å². The van der Waals surface area contributed by atoms with E-state index in [-0.39, 0.29) is 12.2 Å². The summed E-state index contributed by atoms with van der Waals surface area (Å²) in [5, 5.41) is 0. The average Bonchev–Trinajstić information content (AvgIpc) is 3.35. The first-order valence-corrected chi connectivity index (χ1v) is 23.2. The minimum Gasteiger partial charge on any atom is -0.367 e. The Morgan fingerprint density at radius 1 is 0.306 bits per heavy atom. The van der Waals surface area contributed by atoms with Gasteiger partial charge in [0.25, 0.3) is 0 Å². The fourth-order valence-electron chi connectivity index (χ4n) is 8.66. The molecule has 0 N–H and O–H groups in total. The van der Waals surface area contributed by atoms with Gasteiger partial charge in [0, 0.05) is 65.4 Å². The lowest BCUT2D eigenvalue weighted by Gasteiger charge is -2.35. The lowest BCUT2D eigenvalue weighted by Crippen LogP contribution is -2.47. The smallest absolute Gasteiger partial charge is 0.108 e. The number of piperazine rings is 2. The summed E-state index contributed by atoms with van der Waals surface area (Å²) in [7, 11) is 0. The van der Waals surface area contributed by atoms with Gasteiger partial charge in [-0.15, -0.1) is 0 Å². The normalized spacial score (nSPS) is 15.4. The van der Waals surface area contributed by atoms with Gasteiger partial charge in [0.2, 0.25) is 0 Å². The van der Waals surface area contributed by atoms with E-state index in [1.54, 1.807) is 0 Å². The fraction of sp³-hybridized carbons (Fsp3) is 0.357. The van der Waals surface area contributed by atoms with E-state index in [0.717, 1.165) is 78.7 Å². The lowest BCUT2D eigenvalue weighted by molar-refractivity contribution is 0.0451. The van der Waals surface area contributed by atoms with Crippen LogP contribution in [0.3, 0.4) is 0 Å². The highest BCUT2D eigenvalue weighted by molar-refractivity contribution is 5.31. The second-order valence-electron chi connectivity index (χ2n) is 16.7. The van der Waals surface area contributed by atoms with E-state index in [4.69, 9.17) is 9.47 Å². The first-order chi connectivity index (χ1) is 30.8. The molecule has 0 saturated carbocycles. The van der Waals surface area contributed by atoms with Gasteiger partial charge in [-0.05, 0) is 72.2 Å². The zero-order chi connectivity index (χ0) is 42.3. The molecule has 2 heterocycles. The van der Waals surface area contributed by atoms with E-state index < -0.39 is 0 Å². The molecule has 6 heteroatoms. The fourth-order valence-corrected chi connectivity index (χ4v) is 8.66. The Morgan fingerprint density at radius 2 is 0.548 bits per heavy atom. The van der Waals surface area contributed by atoms with Crippen molar-refractivity contribution in [3.05, 3.63) is 215 Å². The van der Waals surface area contributed by atoms with E-state index in [0.29, 0.717) is 0 Å². The molecular weight excluding hydrogens is 761 g/mol. The van der Waals surface area contributed by atoms with Crippen molar-refractivity contribution in [1.82, 2.24) is 19.6 Å². The quantitative estimate of drug-likeness (QED) is 0.0762. The number of aryl methyl sites for hydroxylation is 2. The van der Waals surface area contributed by atoms with Gasteiger partial charge in [-0.25, -0.2) is 0 Å². The van der Waals surface area contributed by atoms with Crippen LogP contribution in [0.25, 0.3) is 0 Å². The molecule has 2 fully saturated rings. The maximum absolute atomic E-state index is 6.40. The molecular formula is C56H68N4O2. The Labute approximate surface area is 372 Å². The van der Waals surface area contributed by atoms with Crippen molar-refractivity contribution in [2.24, 2.45) is 0 Å². The molecule has 6 aromatic carbocycles. The minimum atomic E-state index is 0.00155. The Morgan fingerprint density at radius 3 is 0.823 bits per heavy atom. The maximum Gasteiger partial charge on any atom is 0.108 e. The Kier molecular flexibility index (Phi) is 18.8. The number of nitrogens with zero attached hydrogens (tertiary/aromatic N) is 4. The zero-order valence-corrected chi connectivity index (χ0v) is 36.8. The van der Waals surface area contributed by atoms with Crippen LogP contribution < -0.4 is 0 Å². The van der Waals surface area contributed by atoms with Crippen LogP contribution in [0.4, 0.5) is 0 Å². The number of rotatable bonds is 20. The highest BCUT2D eigenvalue weighted by Gasteiger charge is 2.20. The Hall–Kier alpha value is -4.92. The summed E-state index contributed by atoms with van der Waals surface area (Å²) in [6.45, 7) is 15.1. The van der Waals surface area contributed by atoms with Gasteiger partial charge in [0.15, 0.2) is 0 Å². The topological polar surface area (TPSA) is 31.4 Å².